The van der Waals surface area contributed by atoms with Gasteiger partial charge in [-0.15, -0.1) is 0 Å². The highest BCUT2D eigenvalue weighted by Crippen LogP contribution is 2.66. The van der Waals surface area contributed by atoms with Gasteiger partial charge in [0.25, 0.3) is 0 Å². The average Bonchev–Trinajstić information content (AvgIpc) is 3.07. The summed E-state index contributed by atoms with van der Waals surface area (Å²) in [5.74, 6) is 4.72. The van der Waals surface area contributed by atoms with E-state index in [1.165, 1.54) is 64.2 Å². The maximum Gasteiger partial charge on any atom is 0.0577 e. The maximum absolute atomic E-state index is 10.2. The van der Waals surface area contributed by atoms with Gasteiger partial charge in [-0.3, -0.25) is 0 Å². The van der Waals surface area contributed by atoms with Gasteiger partial charge in [0.1, 0.15) is 0 Å². The molecule has 172 valence electrons. The van der Waals surface area contributed by atoms with E-state index in [0.29, 0.717) is 29.3 Å². The van der Waals surface area contributed by atoms with E-state index in [4.69, 9.17) is 0 Å². The van der Waals surface area contributed by atoms with E-state index in [0.717, 1.165) is 36.5 Å². The van der Waals surface area contributed by atoms with Gasteiger partial charge in [0.15, 0.2) is 0 Å². The third kappa shape index (κ3) is 3.83. The highest BCUT2D eigenvalue weighted by atomic mass is 16.3. The Bertz CT molecular complexity index is 626. The molecule has 9 atom stereocenters. The zero-order chi connectivity index (χ0) is 21.5. The molecule has 0 radical (unpaired) electrons. The van der Waals surface area contributed by atoms with Crippen molar-refractivity contribution in [3.8, 4) is 0 Å². The van der Waals surface area contributed by atoms with Gasteiger partial charge in [0, 0.05) is 6.61 Å². The van der Waals surface area contributed by atoms with Crippen molar-refractivity contribution < 1.29 is 10.2 Å². The summed E-state index contributed by atoms with van der Waals surface area (Å²) < 4.78 is 0. The first kappa shape index (κ1) is 22.8. The lowest BCUT2D eigenvalue weighted by Crippen LogP contribution is -2.50. The minimum absolute atomic E-state index is 0.0916. The fourth-order valence-corrected chi connectivity index (χ4v) is 8.89. The molecule has 0 aromatic heterocycles. The summed E-state index contributed by atoms with van der Waals surface area (Å²) in [6.45, 7) is 10.1. The molecule has 2 heteroatoms. The first-order valence-electron chi connectivity index (χ1n) is 13.3. The van der Waals surface area contributed by atoms with E-state index < -0.39 is 0 Å². The van der Waals surface area contributed by atoms with Crippen LogP contribution in [0, 0.1) is 46.3 Å². The Morgan fingerprint density at radius 1 is 1.10 bits per heavy atom. The summed E-state index contributed by atoms with van der Waals surface area (Å²) in [4.78, 5) is 0. The first-order chi connectivity index (χ1) is 14.3. The average molecular weight is 417 g/mol. The molecule has 0 aliphatic heterocycles. The minimum atomic E-state index is -0.0916. The van der Waals surface area contributed by atoms with Crippen LogP contribution in [0.25, 0.3) is 0 Å². The normalized spacial score (nSPS) is 45.1. The van der Waals surface area contributed by atoms with Crippen molar-refractivity contribution in [3.63, 3.8) is 0 Å². The highest BCUT2D eigenvalue weighted by molar-refractivity contribution is 5.25. The number of aliphatic hydroxyl groups excluding tert-OH is 2. The van der Waals surface area contributed by atoms with Gasteiger partial charge >= 0.3 is 0 Å². The predicted molar refractivity (Wildman–Crippen MR) is 125 cm³/mol. The van der Waals surface area contributed by atoms with Crippen molar-refractivity contribution in [2.45, 2.75) is 111 Å². The standard InChI is InChI=1S/C28H48O2/c1-5-20(19(2)18-29)7-6-8-21-10-12-25-24-11-9-22-17-23(30)13-15-28(22,4)26(24)14-16-27(21,25)3/h9,19-21,23-26,29-30H,5-8,10-18H2,1-4H3/t19-,20-,21+,23+,24?,25?,26?,27-,28+/m1/s1. The maximum atomic E-state index is 10.2. The molecule has 0 spiro atoms. The van der Waals surface area contributed by atoms with Gasteiger partial charge < -0.3 is 10.2 Å². The Balaban J connectivity index is 1.41. The lowest BCUT2D eigenvalue weighted by atomic mass is 9.47. The molecular formula is C28H48O2. The fraction of sp³-hybridized carbons (Fsp3) is 0.929. The van der Waals surface area contributed by atoms with Crippen LogP contribution in [-0.2, 0) is 0 Å². The van der Waals surface area contributed by atoms with Crippen LogP contribution >= 0.6 is 0 Å². The molecule has 30 heavy (non-hydrogen) atoms. The molecule has 0 aromatic carbocycles. The van der Waals surface area contributed by atoms with Gasteiger partial charge in [0.2, 0.25) is 0 Å². The highest BCUT2D eigenvalue weighted by Gasteiger charge is 2.58. The lowest BCUT2D eigenvalue weighted by molar-refractivity contribution is -0.0510. The zero-order valence-electron chi connectivity index (χ0n) is 20.2. The van der Waals surface area contributed by atoms with E-state index >= 15 is 0 Å². The van der Waals surface area contributed by atoms with Crippen LogP contribution < -0.4 is 0 Å². The van der Waals surface area contributed by atoms with E-state index in [1.807, 2.05) is 0 Å². The van der Waals surface area contributed by atoms with Crippen molar-refractivity contribution >= 4 is 0 Å². The molecule has 0 aromatic rings. The number of rotatable bonds is 7. The Morgan fingerprint density at radius 3 is 2.63 bits per heavy atom. The molecule has 4 aliphatic rings. The predicted octanol–water partition coefficient (Wildman–Crippen LogP) is 6.75. The summed E-state index contributed by atoms with van der Waals surface area (Å²) in [6.07, 6.45) is 17.9. The summed E-state index contributed by atoms with van der Waals surface area (Å²) >= 11 is 0. The third-order valence-electron chi connectivity index (χ3n) is 11.0. The molecule has 2 nitrogen and oxygen atoms in total. The molecule has 0 amide bonds. The molecule has 3 saturated carbocycles. The van der Waals surface area contributed by atoms with Crippen molar-refractivity contribution in [2.24, 2.45) is 46.3 Å². The number of allylic oxidation sites excluding steroid dienone is 1. The van der Waals surface area contributed by atoms with Crippen LogP contribution in [0.5, 0.6) is 0 Å². The molecule has 4 aliphatic carbocycles. The van der Waals surface area contributed by atoms with Crippen molar-refractivity contribution in [2.75, 3.05) is 6.61 Å². The van der Waals surface area contributed by atoms with Gasteiger partial charge in [-0.1, -0.05) is 58.6 Å². The second kappa shape index (κ2) is 8.89. The summed E-state index contributed by atoms with van der Waals surface area (Å²) in [6, 6.07) is 0. The number of aliphatic hydroxyl groups is 2. The molecule has 0 bridgehead atoms. The van der Waals surface area contributed by atoms with Crippen LogP contribution in [0.4, 0.5) is 0 Å². The first-order valence-corrected chi connectivity index (χ1v) is 13.3. The van der Waals surface area contributed by atoms with E-state index in [2.05, 4.69) is 33.8 Å². The van der Waals surface area contributed by atoms with Gasteiger partial charge in [0.05, 0.1) is 6.10 Å². The summed E-state index contributed by atoms with van der Waals surface area (Å²) in [7, 11) is 0. The van der Waals surface area contributed by atoms with Crippen LogP contribution in [-0.4, -0.2) is 22.9 Å². The SMILES string of the molecule is CC[C@H](CCC[C@H]1CCC2C3CC=C4C[C@@H](O)CC[C@]4(C)C3CC[C@@]21C)[C@H](C)CO. The fourth-order valence-electron chi connectivity index (χ4n) is 8.89. The largest absolute Gasteiger partial charge is 0.396 e. The van der Waals surface area contributed by atoms with Crippen LogP contribution in [0.2, 0.25) is 0 Å². The quantitative estimate of drug-likeness (QED) is 0.451. The number of fused-ring (bicyclic) bond motifs is 5. The number of hydrogen-bond donors (Lipinski definition) is 2. The topological polar surface area (TPSA) is 40.5 Å². The lowest BCUT2D eigenvalue weighted by Gasteiger charge is -2.58. The molecular weight excluding hydrogens is 368 g/mol. The Hall–Kier alpha value is -0.340. The Morgan fingerprint density at radius 2 is 1.90 bits per heavy atom. The molecule has 2 N–H and O–H groups in total. The Labute approximate surface area is 185 Å². The van der Waals surface area contributed by atoms with Crippen molar-refractivity contribution in [1.82, 2.24) is 0 Å². The van der Waals surface area contributed by atoms with Crippen LogP contribution in [0.3, 0.4) is 0 Å². The van der Waals surface area contributed by atoms with Gasteiger partial charge in [-0.05, 0) is 104 Å². The molecule has 0 saturated heterocycles. The van der Waals surface area contributed by atoms with E-state index in [9.17, 15) is 10.2 Å². The summed E-state index contributed by atoms with van der Waals surface area (Å²) in [5.41, 5.74) is 2.53. The molecule has 0 heterocycles. The molecule has 3 unspecified atom stereocenters. The summed E-state index contributed by atoms with van der Waals surface area (Å²) in [5, 5.41) is 19.8. The van der Waals surface area contributed by atoms with Gasteiger partial charge in [-0.2, -0.15) is 0 Å². The Kier molecular flexibility index (Phi) is 6.77. The molecule has 3 fully saturated rings. The van der Waals surface area contributed by atoms with Crippen molar-refractivity contribution in [1.29, 1.82) is 0 Å². The number of hydrogen-bond acceptors (Lipinski definition) is 2. The monoisotopic (exact) mass is 416 g/mol. The van der Waals surface area contributed by atoms with Gasteiger partial charge in [-0.25, -0.2) is 0 Å². The van der Waals surface area contributed by atoms with Crippen molar-refractivity contribution in [3.05, 3.63) is 11.6 Å². The van der Waals surface area contributed by atoms with E-state index in [-0.39, 0.29) is 6.10 Å². The second-order valence-corrected chi connectivity index (χ2v) is 12.2. The second-order valence-electron chi connectivity index (χ2n) is 12.2. The minimum Gasteiger partial charge on any atom is -0.396 e. The third-order valence-corrected chi connectivity index (χ3v) is 11.0. The van der Waals surface area contributed by atoms with Crippen LogP contribution in [0.15, 0.2) is 11.6 Å². The van der Waals surface area contributed by atoms with Crippen LogP contribution in [0.1, 0.15) is 105 Å². The molecule has 4 rings (SSSR count). The smallest absolute Gasteiger partial charge is 0.0577 e. The van der Waals surface area contributed by atoms with E-state index in [1.54, 1.807) is 5.57 Å². The zero-order valence-corrected chi connectivity index (χ0v) is 20.2.